The van der Waals surface area contributed by atoms with E-state index in [0.717, 1.165) is 5.56 Å². The summed E-state index contributed by atoms with van der Waals surface area (Å²) in [5, 5.41) is 0. The third kappa shape index (κ3) is 2.85. The lowest BCUT2D eigenvalue weighted by molar-refractivity contribution is 0.0811. The van der Waals surface area contributed by atoms with E-state index in [4.69, 9.17) is 12.2 Å². The number of carbonyl (C=O) groups is 1. The highest BCUT2D eigenvalue weighted by Gasteiger charge is 2.13. The van der Waals surface area contributed by atoms with Crippen molar-refractivity contribution in [3.8, 4) is 12.3 Å². The second-order valence-corrected chi connectivity index (χ2v) is 3.56. The van der Waals surface area contributed by atoms with Crippen molar-refractivity contribution in [1.29, 1.82) is 0 Å². The molecule has 0 bridgehead atoms. The summed E-state index contributed by atoms with van der Waals surface area (Å²) < 4.78 is 0. The van der Waals surface area contributed by atoms with Crippen molar-refractivity contribution < 1.29 is 4.79 Å². The smallest absolute Gasteiger partial charge is 0.254 e. The highest BCUT2D eigenvalue weighted by molar-refractivity contribution is 5.95. The Kier molecular flexibility index (Phi) is 4.56. The van der Waals surface area contributed by atoms with Gasteiger partial charge >= 0.3 is 0 Å². The van der Waals surface area contributed by atoms with Crippen LogP contribution in [0.15, 0.2) is 24.3 Å². The van der Waals surface area contributed by atoms with Crippen LogP contribution in [0.5, 0.6) is 0 Å². The van der Waals surface area contributed by atoms with Crippen LogP contribution in [0.4, 0.5) is 0 Å². The first-order valence-electron chi connectivity index (χ1n) is 5.17. The lowest BCUT2D eigenvalue weighted by Crippen LogP contribution is -2.28. The highest BCUT2D eigenvalue weighted by Crippen LogP contribution is 2.11. The van der Waals surface area contributed by atoms with Crippen LogP contribution in [0.25, 0.3) is 0 Å². The molecule has 16 heavy (non-hydrogen) atoms. The molecule has 2 N–H and O–H groups in total. The topological polar surface area (TPSA) is 46.3 Å². The van der Waals surface area contributed by atoms with Gasteiger partial charge in [0.1, 0.15) is 0 Å². The van der Waals surface area contributed by atoms with E-state index in [1.54, 1.807) is 13.1 Å². The Morgan fingerprint density at radius 2 is 2.19 bits per heavy atom. The van der Waals surface area contributed by atoms with Crippen LogP contribution in [0, 0.1) is 12.3 Å². The number of benzene rings is 1. The molecule has 0 saturated heterocycles. The zero-order valence-electron chi connectivity index (χ0n) is 9.44. The summed E-state index contributed by atoms with van der Waals surface area (Å²) in [5.41, 5.74) is 7.16. The zero-order valence-corrected chi connectivity index (χ0v) is 9.44. The predicted octanol–water partition coefficient (Wildman–Crippen LogP) is 0.893. The standard InChI is InChI=1S/C13H16N2O/c1-3-10-15(2)13(16)12-7-5-4-6-11(12)8-9-14/h1,4-7H,8-10,14H2,2H3. The quantitative estimate of drug-likeness (QED) is 0.760. The van der Waals surface area contributed by atoms with Crippen LogP contribution in [0.3, 0.4) is 0 Å². The Morgan fingerprint density at radius 3 is 2.81 bits per heavy atom. The van der Waals surface area contributed by atoms with Gasteiger partial charge in [-0.15, -0.1) is 6.42 Å². The first kappa shape index (κ1) is 12.3. The number of rotatable bonds is 4. The Bertz CT molecular complexity index is 407. The fourth-order valence-electron chi connectivity index (χ4n) is 1.52. The Labute approximate surface area is 96.2 Å². The molecule has 0 radical (unpaired) electrons. The summed E-state index contributed by atoms with van der Waals surface area (Å²) >= 11 is 0. The molecule has 1 amide bonds. The minimum atomic E-state index is -0.0537. The lowest BCUT2D eigenvalue weighted by atomic mass is 10.0. The second kappa shape index (κ2) is 5.94. The maximum Gasteiger partial charge on any atom is 0.254 e. The van der Waals surface area contributed by atoms with Crippen molar-refractivity contribution in [1.82, 2.24) is 4.90 Å². The van der Waals surface area contributed by atoms with E-state index in [0.29, 0.717) is 25.1 Å². The summed E-state index contributed by atoms with van der Waals surface area (Å²) in [6.07, 6.45) is 5.88. The highest BCUT2D eigenvalue weighted by atomic mass is 16.2. The third-order valence-corrected chi connectivity index (χ3v) is 2.34. The van der Waals surface area contributed by atoms with Crippen molar-refractivity contribution in [2.24, 2.45) is 5.73 Å². The zero-order chi connectivity index (χ0) is 12.0. The minimum absolute atomic E-state index is 0.0537. The Balaban J connectivity index is 2.94. The number of terminal acetylenes is 1. The molecular formula is C13H16N2O. The summed E-state index contributed by atoms with van der Waals surface area (Å²) in [7, 11) is 1.70. The maximum absolute atomic E-state index is 12.0. The number of hydrogen-bond acceptors (Lipinski definition) is 2. The van der Waals surface area contributed by atoms with E-state index in [2.05, 4.69) is 5.92 Å². The first-order valence-corrected chi connectivity index (χ1v) is 5.17. The summed E-state index contributed by atoms with van der Waals surface area (Å²) in [4.78, 5) is 13.5. The van der Waals surface area contributed by atoms with E-state index >= 15 is 0 Å². The molecule has 1 aromatic rings. The number of nitrogens with two attached hydrogens (primary N) is 1. The van der Waals surface area contributed by atoms with Crippen LogP contribution in [0.1, 0.15) is 15.9 Å². The van der Waals surface area contributed by atoms with E-state index in [-0.39, 0.29) is 5.91 Å². The van der Waals surface area contributed by atoms with Gasteiger partial charge in [-0.05, 0) is 24.6 Å². The first-order chi connectivity index (χ1) is 7.70. The van der Waals surface area contributed by atoms with Crippen LogP contribution in [0.2, 0.25) is 0 Å². The van der Waals surface area contributed by atoms with Gasteiger partial charge in [0.05, 0.1) is 6.54 Å². The molecule has 0 unspecified atom stereocenters. The Morgan fingerprint density at radius 1 is 1.50 bits per heavy atom. The maximum atomic E-state index is 12.0. The van der Waals surface area contributed by atoms with Gasteiger partial charge < -0.3 is 10.6 Å². The number of hydrogen-bond donors (Lipinski definition) is 1. The van der Waals surface area contributed by atoms with Gasteiger partial charge in [-0.3, -0.25) is 4.79 Å². The van der Waals surface area contributed by atoms with Crippen molar-refractivity contribution in [2.75, 3.05) is 20.1 Å². The average molecular weight is 216 g/mol. The number of carbonyl (C=O) groups excluding carboxylic acids is 1. The molecule has 0 atom stereocenters. The molecule has 0 saturated carbocycles. The van der Waals surface area contributed by atoms with E-state index in [1.807, 2.05) is 18.2 Å². The van der Waals surface area contributed by atoms with Gasteiger partial charge in [-0.25, -0.2) is 0 Å². The van der Waals surface area contributed by atoms with Gasteiger partial charge in [-0.1, -0.05) is 24.1 Å². The third-order valence-electron chi connectivity index (χ3n) is 2.34. The summed E-state index contributed by atoms with van der Waals surface area (Å²) in [6.45, 7) is 0.846. The average Bonchev–Trinajstić information content (AvgIpc) is 2.29. The molecule has 0 spiro atoms. The molecule has 0 aliphatic heterocycles. The van der Waals surface area contributed by atoms with Gasteiger partial charge in [0, 0.05) is 12.6 Å². The van der Waals surface area contributed by atoms with Crippen molar-refractivity contribution in [3.05, 3.63) is 35.4 Å². The van der Waals surface area contributed by atoms with E-state index in [9.17, 15) is 4.79 Å². The van der Waals surface area contributed by atoms with Crippen LogP contribution >= 0.6 is 0 Å². The summed E-state index contributed by atoms with van der Waals surface area (Å²) in [5.74, 6) is 2.40. The summed E-state index contributed by atoms with van der Waals surface area (Å²) in [6, 6.07) is 7.48. The number of amides is 1. The van der Waals surface area contributed by atoms with Crippen LogP contribution in [-0.2, 0) is 6.42 Å². The number of nitrogens with zero attached hydrogens (tertiary/aromatic N) is 1. The molecule has 3 heteroatoms. The fraction of sp³-hybridized carbons (Fsp3) is 0.308. The molecule has 1 aromatic carbocycles. The molecule has 0 heterocycles. The molecule has 0 aromatic heterocycles. The molecule has 3 nitrogen and oxygen atoms in total. The van der Waals surface area contributed by atoms with Gasteiger partial charge in [0.15, 0.2) is 0 Å². The van der Waals surface area contributed by atoms with Crippen molar-refractivity contribution >= 4 is 5.91 Å². The molecule has 1 rings (SSSR count). The fourth-order valence-corrected chi connectivity index (χ4v) is 1.52. The largest absolute Gasteiger partial charge is 0.331 e. The second-order valence-electron chi connectivity index (χ2n) is 3.56. The Hall–Kier alpha value is -1.79. The SMILES string of the molecule is C#CCN(C)C(=O)c1ccccc1CCN. The van der Waals surface area contributed by atoms with Gasteiger partial charge in [0.2, 0.25) is 0 Å². The minimum Gasteiger partial charge on any atom is -0.331 e. The molecule has 84 valence electrons. The van der Waals surface area contributed by atoms with Gasteiger partial charge in [0.25, 0.3) is 5.91 Å². The van der Waals surface area contributed by atoms with Crippen LogP contribution < -0.4 is 5.73 Å². The molecular weight excluding hydrogens is 200 g/mol. The van der Waals surface area contributed by atoms with Crippen molar-refractivity contribution in [3.63, 3.8) is 0 Å². The van der Waals surface area contributed by atoms with Crippen molar-refractivity contribution in [2.45, 2.75) is 6.42 Å². The van der Waals surface area contributed by atoms with E-state index in [1.165, 1.54) is 4.90 Å². The predicted molar refractivity (Wildman–Crippen MR) is 65.0 cm³/mol. The molecule has 0 aliphatic carbocycles. The van der Waals surface area contributed by atoms with Gasteiger partial charge in [-0.2, -0.15) is 0 Å². The normalized spacial score (nSPS) is 9.56. The monoisotopic (exact) mass is 216 g/mol. The van der Waals surface area contributed by atoms with Crippen LogP contribution in [-0.4, -0.2) is 30.9 Å². The van der Waals surface area contributed by atoms with E-state index < -0.39 is 0 Å². The molecule has 0 fully saturated rings. The lowest BCUT2D eigenvalue weighted by Gasteiger charge is -2.16. The molecule has 0 aliphatic rings.